The molecule has 0 radical (unpaired) electrons. The van der Waals surface area contributed by atoms with Crippen molar-refractivity contribution in [3.05, 3.63) is 22.5 Å². The van der Waals surface area contributed by atoms with E-state index in [4.69, 9.17) is 16.7 Å². The zero-order valence-electron chi connectivity index (χ0n) is 11.0. The van der Waals surface area contributed by atoms with Crippen LogP contribution in [0.1, 0.15) is 18.2 Å². The lowest BCUT2D eigenvalue weighted by atomic mass is 10.2. The van der Waals surface area contributed by atoms with Gasteiger partial charge >= 0.3 is 5.97 Å². The van der Waals surface area contributed by atoms with Gasteiger partial charge in [0.2, 0.25) is 5.91 Å². The van der Waals surface area contributed by atoms with E-state index >= 15 is 0 Å². The van der Waals surface area contributed by atoms with E-state index in [1.807, 2.05) is 0 Å². The van der Waals surface area contributed by atoms with Gasteiger partial charge in [0.25, 0.3) is 0 Å². The van der Waals surface area contributed by atoms with Crippen molar-refractivity contribution in [1.82, 2.24) is 15.1 Å². The zero-order chi connectivity index (χ0) is 14.6. The topological polar surface area (TPSA) is 84.2 Å². The molecule has 104 valence electrons. The minimum absolute atomic E-state index is 0.0816. The van der Waals surface area contributed by atoms with Gasteiger partial charge in [-0.25, -0.2) is 0 Å². The van der Waals surface area contributed by atoms with Crippen LogP contribution >= 0.6 is 11.6 Å². The summed E-state index contributed by atoms with van der Waals surface area (Å²) in [6.07, 6.45) is 2.87. The quantitative estimate of drug-likeness (QED) is 0.797. The first kappa shape index (κ1) is 15.2. The van der Waals surface area contributed by atoms with Crippen LogP contribution in [0.25, 0.3) is 6.08 Å². The molecule has 0 aliphatic rings. The van der Waals surface area contributed by atoms with Crippen LogP contribution in [-0.4, -0.2) is 33.3 Å². The molecule has 1 atom stereocenters. The first-order chi connectivity index (χ1) is 8.82. The van der Waals surface area contributed by atoms with Gasteiger partial charge in [-0.1, -0.05) is 18.5 Å². The maximum atomic E-state index is 11.5. The van der Waals surface area contributed by atoms with Crippen LogP contribution in [-0.2, 0) is 16.6 Å². The fraction of sp³-hybridized carbons (Fsp3) is 0.417. The molecule has 0 unspecified atom stereocenters. The lowest BCUT2D eigenvalue weighted by molar-refractivity contribution is -0.141. The van der Waals surface area contributed by atoms with Crippen molar-refractivity contribution in [2.24, 2.45) is 13.0 Å². The summed E-state index contributed by atoms with van der Waals surface area (Å²) in [4.78, 5) is 22.1. The summed E-state index contributed by atoms with van der Waals surface area (Å²) in [7, 11) is 1.71. The van der Waals surface area contributed by atoms with Crippen molar-refractivity contribution in [2.75, 3.05) is 6.54 Å². The second-order valence-electron chi connectivity index (χ2n) is 4.23. The highest BCUT2D eigenvalue weighted by atomic mass is 35.5. The first-order valence-electron chi connectivity index (χ1n) is 5.70. The van der Waals surface area contributed by atoms with Crippen molar-refractivity contribution in [1.29, 1.82) is 0 Å². The molecule has 0 aromatic carbocycles. The number of nitrogens with zero attached hydrogens (tertiary/aromatic N) is 2. The number of halogens is 1. The Morgan fingerprint density at radius 2 is 2.21 bits per heavy atom. The Balaban J connectivity index is 2.62. The van der Waals surface area contributed by atoms with E-state index in [-0.39, 0.29) is 12.5 Å². The number of carbonyl (C=O) groups excluding carboxylic acids is 1. The van der Waals surface area contributed by atoms with Crippen molar-refractivity contribution in [3.8, 4) is 0 Å². The van der Waals surface area contributed by atoms with E-state index in [1.165, 1.54) is 17.7 Å². The van der Waals surface area contributed by atoms with E-state index in [0.29, 0.717) is 10.7 Å². The molecule has 6 nitrogen and oxygen atoms in total. The van der Waals surface area contributed by atoms with Gasteiger partial charge in [-0.15, -0.1) is 0 Å². The highest BCUT2D eigenvalue weighted by Gasteiger charge is 2.11. The Bertz CT molecular complexity index is 523. The van der Waals surface area contributed by atoms with E-state index in [2.05, 4.69) is 10.4 Å². The molecular formula is C12H16ClN3O3. The number of carboxylic acid groups (broad SMARTS) is 1. The molecule has 19 heavy (non-hydrogen) atoms. The number of carboxylic acids is 1. The minimum Gasteiger partial charge on any atom is -0.481 e. The molecule has 1 aromatic rings. The number of aromatic nitrogens is 2. The zero-order valence-corrected chi connectivity index (χ0v) is 11.7. The predicted octanol–water partition coefficient (Wildman–Crippen LogP) is 1.23. The summed E-state index contributed by atoms with van der Waals surface area (Å²) in [5.41, 5.74) is 1.39. The summed E-state index contributed by atoms with van der Waals surface area (Å²) in [5, 5.41) is 15.7. The van der Waals surface area contributed by atoms with Crippen LogP contribution in [0, 0.1) is 12.8 Å². The Hall–Kier alpha value is -1.82. The lowest BCUT2D eigenvalue weighted by Gasteiger charge is -2.05. The van der Waals surface area contributed by atoms with Crippen LogP contribution in [0.3, 0.4) is 0 Å². The maximum absolute atomic E-state index is 11.5. The lowest BCUT2D eigenvalue weighted by Crippen LogP contribution is -2.30. The maximum Gasteiger partial charge on any atom is 0.308 e. The number of rotatable bonds is 5. The third-order valence-corrected chi connectivity index (χ3v) is 3.05. The van der Waals surface area contributed by atoms with Crippen LogP contribution < -0.4 is 5.32 Å². The monoisotopic (exact) mass is 285 g/mol. The molecule has 0 fully saturated rings. The average molecular weight is 286 g/mol. The fourth-order valence-electron chi connectivity index (χ4n) is 1.39. The summed E-state index contributed by atoms with van der Waals surface area (Å²) in [6.45, 7) is 3.39. The van der Waals surface area contributed by atoms with Gasteiger partial charge in [-0.05, 0) is 13.0 Å². The van der Waals surface area contributed by atoms with E-state index in [9.17, 15) is 9.59 Å². The van der Waals surface area contributed by atoms with Gasteiger partial charge in [0, 0.05) is 25.2 Å². The summed E-state index contributed by atoms with van der Waals surface area (Å²) in [5.74, 6) is -1.94. The number of amides is 1. The Morgan fingerprint density at radius 3 is 2.68 bits per heavy atom. The molecule has 1 aromatic heterocycles. The van der Waals surface area contributed by atoms with Crippen molar-refractivity contribution < 1.29 is 14.7 Å². The second-order valence-corrected chi connectivity index (χ2v) is 4.59. The molecular weight excluding hydrogens is 270 g/mol. The van der Waals surface area contributed by atoms with Crippen LogP contribution in [0.2, 0.25) is 5.15 Å². The normalized spacial score (nSPS) is 12.6. The van der Waals surface area contributed by atoms with Crippen molar-refractivity contribution in [3.63, 3.8) is 0 Å². The van der Waals surface area contributed by atoms with Crippen LogP contribution in [0.15, 0.2) is 6.08 Å². The number of aliphatic carboxylic acids is 1. The molecule has 1 heterocycles. The van der Waals surface area contributed by atoms with Gasteiger partial charge in [0.15, 0.2) is 0 Å². The van der Waals surface area contributed by atoms with Gasteiger partial charge < -0.3 is 10.4 Å². The Kier molecular flexibility index (Phi) is 5.11. The number of aryl methyl sites for hydroxylation is 2. The standard InChI is InChI=1S/C12H16ClN3O3/c1-7(12(18)19)6-14-10(17)5-4-9-8(2)15-16(3)11(9)13/h4-5,7H,6H2,1-3H3,(H,14,17)(H,18,19)/b5-4-/t7-/m0/s1. The molecule has 0 spiro atoms. The molecule has 1 rings (SSSR count). The van der Waals surface area contributed by atoms with Gasteiger partial charge in [0.1, 0.15) is 5.15 Å². The Morgan fingerprint density at radius 1 is 1.58 bits per heavy atom. The highest BCUT2D eigenvalue weighted by Crippen LogP contribution is 2.19. The number of nitrogens with one attached hydrogen (secondary N) is 1. The van der Waals surface area contributed by atoms with Gasteiger partial charge in [-0.3, -0.25) is 14.3 Å². The molecule has 0 saturated heterocycles. The van der Waals surface area contributed by atoms with Crippen molar-refractivity contribution >= 4 is 29.6 Å². The number of hydrogen-bond donors (Lipinski definition) is 2. The molecule has 0 bridgehead atoms. The SMILES string of the molecule is Cc1nn(C)c(Cl)c1/C=C\C(=O)NC[C@H](C)C(=O)O. The predicted molar refractivity (Wildman–Crippen MR) is 71.8 cm³/mol. The largest absolute Gasteiger partial charge is 0.481 e. The van der Waals surface area contributed by atoms with Crippen LogP contribution in [0.5, 0.6) is 0 Å². The minimum atomic E-state index is -0.949. The molecule has 0 saturated carbocycles. The highest BCUT2D eigenvalue weighted by molar-refractivity contribution is 6.31. The summed E-state index contributed by atoms with van der Waals surface area (Å²) in [6, 6.07) is 0. The fourth-order valence-corrected chi connectivity index (χ4v) is 1.63. The third kappa shape index (κ3) is 4.10. The van der Waals surface area contributed by atoms with Crippen LogP contribution in [0.4, 0.5) is 0 Å². The molecule has 0 aliphatic carbocycles. The number of hydrogen-bond acceptors (Lipinski definition) is 3. The van der Waals surface area contributed by atoms with Crippen molar-refractivity contribution in [2.45, 2.75) is 13.8 Å². The smallest absolute Gasteiger partial charge is 0.308 e. The third-order valence-electron chi connectivity index (χ3n) is 2.60. The molecule has 0 aliphatic heterocycles. The Labute approximate surface area is 116 Å². The van der Waals surface area contributed by atoms with Gasteiger partial charge in [0.05, 0.1) is 11.6 Å². The first-order valence-corrected chi connectivity index (χ1v) is 6.08. The second kappa shape index (κ2) is 6.38. The molecule has 7 heteroatoms. The van der Waals surface area contributed by atoms with E-state index in [1.54, 1.807) is 20.0 Å². The molecule has 2 N–H and O–H groups in total. The average Bonchev–Trinajstić information content (AvgIpc) is 2.58. The van der Waals surface area contributed by atoms with E-state index < -0.39 is 11.9 Å². The van der Waals surface area contributed by atoms with Gasteiger partial charge in [-0.2, -0.15) is 5.10 Å². The number of carbonyl (C=O) groups is 2. The summed E-state index contributed by atoms with van der Waals surface area (Å²) >= 11 is 6.01. The molecule has 1 amide bonds. The summed E-state index contributed by atoms with van der Waals surface area (Å²) < 4.78 is 1.51. The van der Waals surface area contributed by atoms with E-state index in [0.717, 1.165) is 5.69 Å².